The third-order valence-corrected chi connectivity index (χ3v) is 2.30. The summed E-state index contributed by atoms with van der Waals surface area (Å²) in [6.07, 6.45) is 8.08. The molecule has 1 fully saturated rings. The standard InChI is InChI=1S/C9H11O.CH3.Pd/c1-10-9-6-7-3-2-4-8(9)5-7;;/h3-4,6-9H,5H2,1H3;1H3;/q2*-1;+2. The number of methoxy groups -OCH3 is 1. The van der Waals surface area contributed by atoms with Gasteiger partial charge in [0, 0.05) is 7.11 Å². The molecule has 0 aromatic carbocycles. The Morgan fingerprint density at radius 3 is 2.83 bits per heavy atom. The Labute approximate surface area is 88.5 Å². The van der Waals surface area contributed by atoms with E-state index < -0.39 is 0 Å². The van der Waals surface area contributed by atoms with Crippen LogP contribution in [0, 0.1) is 25.7 Å². The zero-order valence-electron chi connectivity index (χ0n) is 7.40. The zero-order chi connectivity index (χ0) is 6.97. The van der Waals surface area contributed by atoms with Crippen LogP contribution in [0.3, 0.4) is 0 Å². The third kappa shape index (κ3) is 2.09. The zero-order valence-corrected chi connectivity index (χ0v) is 8.95. The van der Waals surface area contributed by atoms with Crippen LogP contribution < -0.4 is 0 Å². The van der Waals surface area contributed by atoms with Crippen LogP contribution in [0.2, 0.25) is 0 Å². The molecule has 3 atom stereocenters. The maximum Gasteiger partial charge on any atom is 2.00 e. The van der Waals surface area contributed by atoms with E-state index in [0.717, 1.165) is 0 Å². The van der Waals surface area contributed by atoms with E-state index in [4.69, 9.17) is 4.74 Å². The van der Waals surface area contributed by atoms with Gasteiger partial charge in [0.25, 0.3) is 0 Å². The molecular weight excluding hydrogens is 243 g/mol. The van der Waals surface area contributed by atoms with Crippen LogP contribution in [0.4, 0.5) is 0 Å². The van der Waals surface area contributed by atoms with E-state index in [1.54, 1.807) is 7.11 Å². The molecule has 2 heteroatoms. The Morgan fingerprint density at radius 2 is 2.25 bits per heavy atom. The van der Waals surface area contributed by atoms with Gasteiger partial charge in [-0.3, -0.25) is 6.42 Å². The third-order valence-electron chi connectivity index (χ3n) is 2.30. The molecule has 0 radical (unpaired) electrons. The number of fused-ring (bicyclic) bond motifs is 2. The minimum atomic E-state index is 0. The molecule has 70 valence electrons. The molecule has 0 N–H and O–H groups in total. The first kappa shape index (κ1) is 12.1. The van der Waals surface area contributed by atoms with E-state index in [-0.39, 0.29) is 27.8 Å². The Kier molecular flexibility index (Phi) is 5.06. The summed E-state index contributed by atoms with van der Waals surface area (Å²) in [4.78, 5) is 0. The van der Waals surface area contributed by atoms with Gasteiger partial charge in [0.1, 0.15) is 0 Å². The minimum absolute atomic E-state index is 0. The number of hydrogen-bond donors (Lipinski definition) is 0. The second-order valence-corrected chi connectivity index (χ2v) is 2.96. The van der Waals surface area contributed by atoms with Crippen molar-refractivity contribution in [2.75, 3.05) is 7.11 Å². The molecule has 0 aromatic rings. The summed E-state index contributed by atoms with van der Waals surface area (Å²) in [5.74, 6) is 1.22. The van der Waals surface area contributed by atoms with E-state index >= 15 is 0 Å². The van der Waals surface area contributed by atoms with Crippen LogP contribution in [-0.4, -0.2) is 13.2 Å². The Bertz CT molecular complexity index is 194. The van der Waals surface area contributed by atoms with E-state index in [1.807, 2.05) is 0 Å². The molecule has 0 spiro atoms. The molecule has 0 aromatic heterocycles. The summed E-state index contributed by atoms with van der Waals surface area (Å²) in [7, 11) is 1.77. The first-order valence-corrected chi connectivity index (χ1v) is 3.70. The smallest absolute Gasteiger partial charge is 0.413 e. The van der Waals surface area contributed by atoms with Crippen molar-refractivity contribution in [1.29, 1.82) is 0 Å². The maximum atomic E-state index is 5.28. The molecule has 0 aliphatic heterocycles. The van der Waals surface area contributed by atoms with Crippen LogP contribution in [-0.2, 0) is 25.2 Å². The van der Waals surface area contributed by atoms with Crippen molar-refractivity contribution in [3.05, 3.63) is 31.7 Å². The van der Waals surface area contributed by atoms with E-state index in [0.29, 0.717) is 17.9 Å². The summed E-state index contributed by atoms with van der Waals surface area (Å²) in [5, 5.41) is 0. The summed E-state index contributed by atoms with van der Waals surface area (Å²) < 4.78 is 5.28. The molecule has 0 amide bonds. The van der Waals surface area contributed by atoms with E-state index in [2.05, 4.69) is 24.3 Å². The Morgan fingerprint density at radius 1 is 1.50 bits per heavy atom. The largest absolute Gasteiger partial charge is 2.00 e. The predicted molar refractivity (Wildman–Crippen MR) is 45.8 cm³/mol. The fourth-order valence-electron chi connectivity index (χ4n) is 1.76. The van der Waals surface area contributed by atoms with Gasteiger partial charge in [-0.05, 0) is 12.0 Å². The van der Waals surface area contributed by atoms with Crippen molar-refractivity contribution < 1.29 is 25.2 Å². The van der Waals surface area contributed by atoms with Gasteiger partial charge in [-0.2, -0.15) is 0 Å². The Hall–Kier alpha value is 0.142. The maximum absolute atomic E-state index is 5.28. The summed E-state index contributed by atoms with van der Waals surface area (Å²) in [6, 6.07) is 0. The molecule has 2 aliphatic rings. The van der Waals surface area contributed by atoms with Crippen LogP contribution in [0.25, 0.3) is 0 Å². The van der Waals surface area contributed by atoms with Gasteiger partial charge in [0.2, 0.25) is 0 Å². The first-order valence-electron chi connectivity index (χ1n) is 3.70. The van der Waals surface area contributed by atoms with E-state index in [9.17, 15) is 0 Å². The second kappa shape index (κ2) is 5.00. The molecule has 2 bridgehead atoms. The van der Waals surface area contributed by atoms with Gasteiger partial charge in [0.15, 0.2) is 0 Å². The van der Waals surface area contributed by atoms with Crippen molar-refractivity contribution >= 4 is 0 Å². The molecule has 2 rings (SSSR count). The molecule has 2 aliphatic carbocycles. The van der Waals surface area contributed by atoms with Crippen molar-refractivity contribution in [3.8, 4) is 0 Å². The fourth-order valence-corrected chi connectivity index (χ4v) is 1.76. The summed E-state index contributed by atoms with van der Waals surface area (Å²) in [5.41, 5.74) is 3.15. The van der Waals surface area contributed by atoms with Gasteiger partial charge in [-0.25, -0.2) is 0 Å². The van der Waals surface area contributed by atoms with Gasteiger partial charge >= 0.3 is 20.4 Å². The summed E-state index contributed by atoms with van der Waals surface area (Å²) >= 11 is 0. The first-order chi connectivity index (χ1) is 4.90. The summed E-state index contributed by atoms with van der Waals surface area (Å²) in [6.45, 7) is 0. The van der Waals surface area contributed by atoms with Crippen LogP contribution in [0.15, 0.2) is 17.9 Å². The van der Waals surface area contributed by atoms with Crippen LogP contribution >= 0.6 is 0 Å². The molecule has 12 heavy (non-hydrogen) atoms. The normalized spacial score (nSPS) is 35.6. The number of ether oxygens (including phenoxy) is 1. The van der Waals surface area contributed by atoms with Crippen molar-refractivity contribution in [2.24, 2.45) is 11.8 Å². The average molecular weight is 257 g/mol. The van der Waals surface area contributed by atoms with E-state index in [1.165, 1.54) is 6.42 Å². The molecule has 1 saturated carbocycles. The van der Waals surface area contributed by atoms with Gasteiger partial charge < -0.3 is 12.2 Å². The van der Waals surface area contributed by atoms with Crippen molar-refractivity contribution in [1.82, 2.24) is 0 Å². The second-order valence-electron chi connectivity index (χ2n) is 2.96. The van der Waals surface area contributed by atoms with Crippen LogP contribution in [0.5, 0.6) is 0 Å². The number of rotatable bonds is 1. The monoisotopic (exact) mass is 256 g/mol. The molecule has 3 unspecified atom stereocenters. The molecular formula is C10H14OPd. The Balaban J connectivity index is 0.000000605. The van der Waals surface area contributed by atoms with Crippen LogP contribution in [0.1, 0.15) is 6.42 Å². The predicted octanol–water partition coefficient (Wildman–Crippen LogP) is 2.01. The average Bonchev–Trinajstić information content (AvgIpc) is 2.26. The molecule has 0 heterocycles. The SMILES string of the molecule is COC1[CH-]C2C=C=CC1C2.[CH3-].[Pd+2]. The minimum Gasteiger partial charge on any atom is -0.413 e. The molecule has 1 nitrogen and oxygen atoms in total. The van der Waals surface area contributed by atoms with Gasteiger partial charge in [-0.1, -0.05) is 18.6 Å². The topological polar surface area (TPSA) is 9.23 Å². The van der Waals surface area contributed by atoms with Gasteiger partial charge in [-0.15, -0.1) is 11.6 Å². The van der Waals surface area contributed by atoms with Crippen molar-refractivity contribution in [3.63, 3.8) is 0 Å². The van der Waals surface area contributed by atoms with Crippen molar-refractivity contribution in [2.45, 2.75) is 12.5 Å². The quantitative estimate of drug-likeness (QED) is 0.396. The molecule has 0 saturated heterocycles. The number of hydrogen-bond acceptors (Lipinski definition) is 1. The van der Waals surface area contributed by atoms with Gasteiger partial charge in [0.05, 0.1) is 0 Å². The fraction of sp³-hybridized carbons (Fsp3) is 0.500.